The molecule has 0 spiro atoms. The number of rotatable bonds is 2. The average molecular weight is 139 g/mol. The second kappa shape index (κ2) is 2.82. The van der Waals surface area contributed by atoms with E-state index in [0.29, 0.717) is 12.2 Å². The molecule has 0 fully saturated rings. The summed E-state index contributed by atoms with van der Waals surface area (Å²) in [5.41, 5.74) is 0. The molecule has 0 bridgehead atoms. The van der Waals surface area contributed by atoms with E-state index in [1.807, 2.05) is 0 Å². The Labute approximate surface area is 57.7 Å². The second-order valence-corrected chi connectivity index (χ2v) is 1.69. The van der Waals surface area contributed by atoms with Gasteiger partial charge in [-0.3, -0.25) is 4.79 Å². The summed E-state index contributed by atoms with van der Waals surface area (Å²) < 4.78 is 0.828. The maximum atomic E-state index is 9.89. The fraction of sp³-hybridized carbons (Fsp3) is 0. The summed E-state index contributed by atoms with van der Waals surface area (Å²) in [6.07, 6.45) is 1.92. The SMILES string of the molecule is O=CNc1cccc[n+]1O. The molecule has 0 saturated carbocycles. The number of carbonyl (C=O) groups excluding carboxylic acids is 1. The Kier molecular flexibility index (Phi) is 1.84. The third-order valence-electron chi connectivity index (χ3n) is 1.05. The highest BCUT2D eigenvalue weighted by Gasteiger charge is 2.02. The Morgan fingerprint density at radius 2 is 2.40 bits per heavy atom. The van der Waals surface area contributed by atoms with Crippen LogP contribution in [0.4, 0.5) is 5.82 Å². The molecule has 0 aliphatic carbocycles. The smallest absolute Gasteiger partial charge is 0.320 e. The van der Waals surface area contributed by atoms with Crippen molar-refractivity contribution in [3.8, 4) is 0 Å². The molecule has 0 aliphatic rings. The minimum Gasteiger partial charge on any atom is -0.350 e. The number of amides is 1. The normalized spacial score (nSPS) is 8.80. The first-order valence-corrected chi connectivity index (χ1v) is 2.74. The van der Waals surface area contributed by atoms with Crippen LogP contribution in [0.25, 0.3) is 0 Å². The quantitative estimate of drug-likeness (QED) is 0.338. The first kappa shape index (κ1) is 6.54. The van der Waals surface area contributed by atoms with Crippen molar-refractivity contribution in [2.24, 2.45) is 0 Å². The standard InChI is InChI=1S/C6H6N2O2/c9-5-7-6-3-1-2-4-8(6)10/h1-5,10H/p+1. The topological polar surface area (TPSA) is 53.2 Å². The zero-order chi connectivity index (χ0) is 7.40. The van der Waals surface area contributed by atoms with Gasteiger partial charge in [-0.25, -0.2) is 5.32 Å². The maximum Gasteiger partial charge on any atom is 0.320 e. The molecular weight excluding hydrogens is 132 g/mol. The lowest BCUT2D eigenvalue weighted by molar-refractivity contribution is -0.893. The molecule has 2 N–H and O–H groups in total. The molecule has 0 radical (unpaired) electrons. The van der Waals surface area contributed by atoms with Gasteiger partial charge in [0.1, 0.15) is 6.20 Å². The van der Waals surface area contributed by atoms with Gasteiger partial charge in [-0.2, -0.15) is 0 Å². The Morgan fingerprint density at radius 3 is 3.00 bits per heavy atom. The number of hydrogen-bond donors (Lipinski definition) is 2. The van der Waals surface area contributed by atoms with Gasteiger partial charge < -0.3 is 5.21 Å². The Morgan fingerprint density at radius 1 is 1.60 bits per heavy atom. The summed E-state index contributed by atoms with van der Waals surface area (Å²) in [7, 11) is 0. The van der Waals surface area contributed by atoms with Crippen LogP contribution in [0.5, 0.6) is 0 Å². The predicted molar refractivity (Wildman–Crippen MR) is 33.5 cm³/mol. The van der Waals surface area contributed by atoms with E-state index in [2.05, 4.69) is 5.32 Å². The predicted octanol–water partition coefficient (Wildman–Crippen LogP) is -0.220. The second-order valence-electron chi connectivity index (χ2n) is 1.69. The number of anilines is 1. The van der Waals surface area contributed by atoms with Crippen LogP contribution in [0.1, 0.15) is 0 Å². The molecule has 10 heavy (non-hydrogen) atoms. The number of nitrogens with zero attached hydrogens (tertiary/aromatic N) is 1. The van der Waals surface area contributed by atoms with Gasteiger partial charge in [-0.1, -0.05) is 10.8 Å². The van der Waals surface area contributed by atoms with E-state index in [-0.39, 0.29) is 0 Å². The average Bonchev–Trinajstić information content (AvgIpc) is 1.94. The minimum atomic E-state index is 0.345. The van der Waals surface area contributed by atoms with E-state index >= 15 is 0 Å². The number of carbonyl (C=O) groups is 1. The van der Waals surface area contributed by atoms with Crippen LogP contribution in [-0.4, -0.2) is 11.6 Å². The van der Waals surface area contributed by atoms with Gasteiger partial charge in [0.05, 0.1) is 0 Å². The molecule has 52 valence electrons. The summed E-state index contributed by atoms with van der Waals surface area (Å²) in [6.45, 7) is 0. The van der Waals surface area contributed by atoms with Crippen molar-refractivity contribution in [1.29, 1.82) is 0 Å². The molecule has 1 amide bonds. The van der Waals surface area contributed by atoms with Crippen LogP contribution in [-0.2, 0) is 4.79 Å². The summed E-state index contributed by atoms with van der Waals surface area (Å²) in [5.74, 6) is 0.345. The first-order chi connectivity index (χ1) is 4.84. The zero-order valence-corrected chi connectivity index (χ0v) is 5.19. The molecule has 0 saturated heterocycles. The minimum absolute atomic E-state index is 0.345. The van der Waals surface area contributed by atoms with Crippen molar-refractivity contribution in [2.45, 2.75) is 0 Å². The van der Waals surface area contributed by atoms with E-state index in [4.69, 9.17) is 5.21 Å². The number of pyridine rings is 1. The fourth-order valence-corrected chi connectivity index (χ4v) is 0.609. The van der Waals surface area contributed by atoms with Gasteiger partial charge in [0.25, 0.3) is 6.41 Å². The molecule has 0 aliphatic heterocycles. The largest absolute Gasteiger partial charge is 0.350 e. The van der Waals surface area contributed by atoms with Crippen molar-refractivity contribution in [1.82, 2.24) is 0 Å². The lowest BCUT2D eigenvalue weighted by Crippen LogP contribution is -2.32. The van der Waals surface area contributed by atoms with Gasteiger partial charge >= 0.3 is 5.82 Å². The van der Waals surface area contributed by atoms with Crippen LogP contribution in [0.15, 0.2) is 24.4 Å². The van der Waals surface area contributed by atoms with Gasteiger partial charge in [0, 0.05) is 6.07 Å². The van der Waals surface area contributed by atoms with E-state index in [0.717, 1.165) is 4.73 Å². The van der Waals surface area contributed by atoms with Crippen molar-refractivity contribution in [3.63, 3.8) is 0 Å². The highest BCUT2D eigenvalue weighted by atomic mass is 16.5. The van der Waals surface area contributed by atoms with Gasteiger partial charge in [0.15, 0.2) is 0 Å². The van der Waals surface area contributed by atoms with Crippen molar-refractivity contribution in [2.75, 3.05) is 5.32 Å². The van der Waals surface area contributed by atoms with Crippen molar-refractivity contribution >= 4 is 12.2 Å². The zero-order valence-electron chi connectivity index (χ0n) is 5.19. The molecular formula is C6H7N2O2+. The molecule has 4 heteroatoms. The van der Waals surface area contributed by atoms with Gasteiger partial charge in [-0.05, 0) is 6.07 Å². The highest BCUT2D eigenvalue weighted by Crippen LogP contribution is 1.93. The maximum absolute atomic E-state index is 9.89. The third-order valence-corrected chi connectivity index (χ3v) is 1.05. The lowest BCUT2D eigenvalue weighted by Gasteiger charge is -1.91. The van der Waals surface area contributed by atoms with Crippen molar-refractivity contribution in [3.05, 3.63) is 24.4 Å². The van der Waals surface area contributed by atoms with E-state index in [1.54, 1.807) is 18.2 Å². The number of aromatic nitrogens is 1. The molecule has 0 atom stereocenters. The lowest BCUT2D eigenvalue weighted by atomic mass is 10.5. The Hall–Kier alpha value is -1.58. The molecule has 4 nitrogen and oxygen atoms in total. The summed E-state index contributed by atoms with van der Waals surface area (Å²) >= 11 is 0. The first-order valence-electron chi connectivity index (χ1n) is 2.74. The van der Waals surface area contributed by atoms with Gasteiger partial charge in [-0.15, -0.1) is 0 Å². The van der Waals surface area contributed by atoms with E-state index in [1.165, 1.54) is 6.20 Å². The van der Waals surface area contributed by atoms with Crippen LogP contribution in [0.2, 0.25) is 0 Å². The molecule has 1 heterocycles. The summed E-state index contributed by atoms with van der Waals surface area (Å²) in [5, 5.41) is 11.2. The Bertz CT molecular complexity index is 237. The monoisotopic (exact) mass is 139 g/mol. The molecule has 1 aromatic heterocycles. The highest BCUT2D eigenvalue weighted by molar-refractivity contribution is 5.66. The fourth-order valence-electron chi connectivity index (χ4n) is 0.609. The number of nitrogens with one attached hydrogen (secondary N) is 1. The van der Waals surface area contributed by atoms with Gasteiger partial charge in [0.2, 0.25) is 0 Å². The van der Waals surface area contributed by atoms with E-state index in [9.17, 15) is 4.79 Å². The van der Waals surface area contributed by atoms with Crippen LogP contribution >= 0.6 is 0 Å². The third kappa shape index (κ3) is 1.22. The number of hydrogen-bond acceptors (Lipinski definition) is 2. The summed E-state index contributed by atoms with van der Waals surface area (Å²) in [4.78, 5) is 9.89. The molecule has 0 unspecified atom stereocenters. The summed E-state index contributed by atoms with van der Waals surface area (Å²) in [6, 6.07) is 4.93. The van der Waals surface area contributed by atoms with Crippen molar-refractivity contribution < 1.29 is 14.7 Å². The Balaban J connectivity index is 2.91. The van der Waals surface area contributed by atoms with Crippen LogP contribution in [0.3, 0.4) is 0 Å². The van der Waals surface area contributed by atoms with Crippen LogP contribution < -0.4 is 10.0 Å². The molecule has 0 aromatic carbocycles. The molecule has 1 rings (SSSR count). The van der Waals surface area contributed by atoms with E-state index < -0.39 is 0 Å². The van der Waals surface area contributed by atoms with Crippen LogP contribution in [0, 0.1) is 0 Å². The molecule has 1 aromatic rings.